The molecule has 0 aliphatic heterocycles. The van der Waals surface area contributed by atoms with E-state index in [0.717, 1.165) is 44.4 Å². The van der Waals surface area contributed by atoms with Gasteiger partial charge in [0.15, 0.2) is 0 Å². The number of hydrogen-bond acceptors (Lipinski definition) is 4. The molecular weight excluding hydrogens is 426 g/mol. The number of aromatic nitrogens is 3. The standard InChI is InChI=1S/C28H31N3O3/c1-5-31-24-14-13-23(19(3)26(24)29-30-31)25(21-12-11-18(2)22(15-21)17-32)28(4,27(33)34)16-20-9-7-6-8-10-20/h6-15,25,32H,5,16-17H2,1-4H3,(H,33,34)/t25-,28?/m1/s1. The molecule has 176 valence electrons. The van der Waals surface area contributed by atoms with Gasteiger partial charge >= 0.3 is 5.97 Å². The molecule has 0 bridgehead atoms. The second-order valence-corrected chi connectivity index (χ2v) is 9.21. The lowest BCUT2D eigenvalue weighted by molar-refractivity contribution is -0.148. The highest BCUT2D eigenvalue weighted by molar-refractivity contribution is 5.82. The summed E-state index contributed by atoms with van der Waals surface area (Å²) < 4.78 is 1.84. The van der Waals surface area contributed by atoms with Crippen LogP contribution in [0, 0.1) is 19.3 Å². The largest absolute Gasteiger partial charge is 0.481 e. The van der Waals surface area contributed by atoms with Crippen LogP contribution >= 0.6 is 0 Å². The molecule has 0 saturated heterocycles. The third-order valence-corrected chi connectivity index (χ3v) is 7.01. The molecule has 0 spiro atoms. The molecule has 4 rings (SSSR count). The number of aliphatic hydroxyl groups excluding tert-OH is 1. The molecular formula is C28H31N3O3. The Labute approximate surface area is 199 Å². The van der Waals surface area contributed by atoms with Crippen LogP contribution in [0.1, 0.15) is 53.1 Å². The molecule has 3 aromatic carbocycles. The van der Waals surface area contributed by atoms with Crippen molar-refractivity contribution in [1.82, 2.24) is 15.0 Å². The summed E-state index contributed by atoms with van der Waals surface area (Å²) >= 11 is 0. The van der Waals surface area contributed by atoms with Crippen LogP contribution in [0.5, 0.6) is 0 Å². The predicted molar refractivity (Wildman–Crippen MR) is 133 cm³/mol. The molecule has 4 aromatic rings. The Balaban J connectivity index is 1.98. The Bertz CT molecular complexity index is 1330. The quantitative estimate of drug-likeness (QED) is 0.388. The smallest absolute Gasteiger partial charge is 0.310 e. The van der Waals surface area contributed by atoms with Crippen LogP contribution in [0.4, 0.5) is 0 Å². The van der Waals surface area contributed by atoms with E-state index in [0.29, 0.717) is 13.0 Å². The van der Waals surface area contributed by atoms with Gasteiger partial charge in [-0.3, -0.25) is 4.79 Å². The van der Waals surface area contributed by atoms with Gasteiger partial charge in [-0.25, -0.2) is 4.68 Å². The van der Waals surface area contributed by atoms with Crippen LogP contribution in [-0.2, 0) is 24.4 Å². The molecule has 1 aromatic heterocycles. The molecule has 6 heteroatoms. The first-order valence-corrected chi connectivity index (χ1v) is 11.6. The van der Waals surface area contributed by atoms with Crippen molar-refractivity contribution >= 4 is 17.0 Å². The maximum absolute atomic E-state index is 13.0. The second kappa shape index (κ2) is 9.39. The summed E-state index contributed by atoms with van der Waals surface area (Å²) in [6, 6.07) is 19.6. The Kier molecular flexibility index (Phi) is 6.53. The highest BCUT2D eigenvalue weighted by Gasteiger charge is 2.44. The van der Waals surface area contributed by atoms with Crippen molar-refractivity contribution in [3.8, 4) is 0 Å². The molecule has 1 heterocycles. The Morgan fingerprint density at radius 3 is 2.47 bits per heavy atom. The van der Waals surface area contributed by atoms with E-state index < -0.39 is 17.3 Å². The average molecular weight is 458 g/mol. The van der Waals surface area contributed by atoms with Crippen LogP contribution in [0.25, 0.3) is 11.0 Å². The molecule has 0 aliphatic rings. The van der Waals surface area contributed by atoms with Crippen LogP contribution < -0.4 is 0 Å². The number of nitrogens with zero attached hydrogens (tertiary/aromatic N) is 3. The van der Waals surface area contributed by atoms with Crippen LogP contribution in [0.15, 0.2) is 60.7 Å². The monoisotopic (exact) mass is 457 g/mol. The molecule has 6 nitrogen and oxygen atoms in total. The number of rotatable bonds is 8. The minimum atomic E-state index is -1.15. The molecule has 1 unspecified atom stereocenters. The molecule has 0 aliphatic carbocycles. The predicted octanol–water partition coefficient (Wildman–Crippen LogP) is 5.03. The van der Waals surface area contributed by atoms with Crippen molar-refractivity contribution in [3.05, 3.63) is 94.0 Å². The van der Waals surface area contributed by atoms with Gasteiger partial charge in [-0.2, -0.15) is 0 Å². The summed E-state index contributed by atoms with van der Waals surface area (Å²) in [7, 11) is 0. The van der Waals surface area contributed by atoms with Gasteiger partial charge in [-0.1, -0.05) is 59.8 Å². The first-order chi connectivity index (χ1) is 16.3. The Morgan fingerprint density at radius 2 is 1.82 bits per heavy atom. The molecule has 2 N–H and O–H groups in total. The molecule has 2 atom stereocenters. The number of aryl methyl sites for hydroxylation is 3. The SMILES string of the molecule is CCn1nnc2c(C)c([C@@H](c3ccc(C)c(CO)c3)C(C)(Cc3ccccc3)C(=O)O)ccc21. The highest BCUT2D eigenvalue weighted by Crippen LogP contribution is 2.46. The van der Waals surface area contributed by atoms with Crippen molar-refractivity contribution < 1.29 is 15.0 Å². The van der Waals surface area contributed by atoms with Crippen molar-refractivity contribution in [2.45, 2.75) is 53.2 Å². The van der Waals surface area contributed by atoms with E-state index >= 15 is 0 Å². The van der Waals surface area contributed by atoms with Crippen LogP contribution in [-0.4, -0.2) is 31.2 Å². The van der Waals surface area contributed by atoms with E-state index in [4.69, 9.17) is 0 Å². The minimum absolute atomic E-state index is 0.0995. The van der Waals surface area contributed by atoms with E-state index in [1.54, 1.807) is 0 Å². The first kappa shape index (κ1) is 23.6. The fourth-order valence-electron chi connectivity index (χ4n) is 4.98. The summed E-state index contributed by atoms with van der Waals surface area (Å²) in [6.45, 7) is 8.38. The van der Waals surface area contributed by atoms with Gasteiger partial charge in [-0.15, -0.1) is 5.10 Å². The van der Waals surface area contributed by atoms with Gasteiger partial charge in [0.05, 0.1) is 17.5 Å². The van der Waals surface area contributed by atoms with Gasteiger partial charge in [0.25, 0.3) is 0 Å². The summed E-state index contributed by atoms with van der Waals surface area (Å²) in [5, 5.41) is 29.2. The van der Waals surface area contributed by atoms with Gasteiger partial charge < -0.3 is 10.2 Å². The Morgan fingerprint density at radius 1 is 1.09 bits per heavy atom. The molecule has 0 amide bonds. The lowest BCUT2D eigenvalue weighted by atomic mass is 9.66. The van der Waals surface area contributed by atoms with E-state index in [1.807, 2.05) is 93.0 Å². The number of carboxylic acid groups (broad SMARTS) is 1. The zero-order chi connectivity index (χ0) is 24.5. The van der Waals surface area contributed by atoms with E-state index in [1.165, 1.54) is 0 Å². The number of aliphatic carboxylic acids is 1. The van der Waals surface area contributed by atoms with Crippen molar-refractivity contribution in [1.29, 1.82) is 0 Å². The lowest BCUT2D eigenvalue weighted by Gasteiger charge is -2.36. The maximum atomic E-state index is 13.0. The average Bonchev–Trinajstić information content (AvgIpc) is 3.26. The van der Waals surface area contributed by atoms with Crippen molar-refractivity contribution in [2.24, 2.45) is 5.41 Å². The van der Waals surface area contributed by atoms with Gasteiger partial charge in [0, 0.05) is 12.5 Å². The van der Waals surface area contributed by atoms with Gasteiger partial charge in [0.1, 0.15) is 5.52 Å². The normalized spacial score (nSPS) is 14.1. The number of carbonyl (C=O) groups is 1. The topological polar surface area (TPSA) is 88.2 Å². The number of aliphatic hydroxyl groups is 1. The number of hydrogen-bond donors (Lipinski definition) is 2. The number of benzene rings is 3. The third-order valence-electron chi connectivity index (χ3n) is 7.01. The molecule has 34 heavy (non-hydrogen) atoms. The van der Waals surface area contributed by atoms with Crippen molar-refractivity contribution in [2.75, 3.05) is 0 Å². The van der Waals surface area contributed by atoms with Gasteiger partial charge in [-0.05, 0) is 73.6 Å². The zero-order valence-electron chi connectivity index (χ0n) is 20.1. The zero-order valence-corrected chi connectivity index (χ0v) is 20.1. The molecule has 0 saturated carbocycles. The second-order valence-electron chi connectivity index (χ2n) is 9.21. The first-order valence-electron chi connectivity index (χ1n) is 11.6. The Hall–Kier alpha value is -3.51. The maximum Gasteiger partial charge on any atom is 0.310 e. The fourth-order valence-corrected chi connectivity index (χ4v) is 4.98. The fraction of sp³-hybridized carbons (Fsp3) is 0.321. The summed E-state index contributed by atoms with van der Waals surface area (Å²) in [5.41, 5.74) is 5.99. The summed E-state index contributed by atoms with van der Waals surface area (Å²) in [6.07, 6.45) is 0.356. The van der Waals surface area contributed by atoms with E-state index in [9.17, 15) is 15.0 Å². The van der Waals surface area contributed by atoms with Crippen molar-refractivity contribution in [3.63, 3.8) is 0 Å². The van der Waals surface area contributed by atoms with E-state index in [-0.39, 0.29) is 6.61 Å². The number of carboxylic acids is 1. The van der Waals surface area contributed by atoms with Crippen LogP contribution in [0.3, 0.4) is 0 Å². The minimum Gasteiger partial charge on any atom is -0.481 e. The lowest BCUT2D eigenvalue weighted by Crippen LogP contribution is -2.37. The molecule has 0 radical (unpaired) electrons. The number of fused-ring (bicyclic) bond motifs is 1. The van der Waals surface area contributed by atoms with E-state index in [2.05, 4.69) is 10.3 Å². The summed E-state index contributed by atoms with van der Waals surface area (Å²) in [5.74, 6) is -1.34. The third kappa shape index (κ3) is 4.10. The summed E-state index contributed by atoms with van der Waals surface area (Å²) in [4.78, 5) is 13.0. The highest BCUT2D eigenvalue weighted by atomic mass is 16.4. The van der Waals surface area contributed by atoms with Crippen LogP contribution in [0.2, 0.25) is 0 Å². The van der Waals surface area contributed by atoms with Gasteiger partial charge in [0.2, 0.25) is 0 Å². The molecule has 0 fully saturated rings.